The van der Waals surface area contributed by atoms with Crippen molar-refractivity contribution in [2.45, 2.75) is 153 Å². The summed E-state index contributed by atoms with van der Waals surface area (Å²) in [5.74, 6) is -19.5. The van der Waals surface area contributed by atoms with Gasteiger partial charge < -0.3 is 47.9 Å². The summed E-state index contributed by atoms with van der Waals surface area (Å²) in [6, 6.07) is 17.4. The van der Waals surface area contributed by atoms with Crippen LogP contribution < -0.4 is 20.1 Å². The van der Waals surface area contributed by atoms with E-state index < -0.39 is 146 Å². The normalized spacial score (nSPS) is 13.5. The van der Waals surface area contributed by atoms with Crippen molar-refractivity contribution < 1.29 is 93.9 Å². The number of hydrogen-bond acceptors (Lipinski definition) is 15. The monoisotopic (exact) mass is 1550 g/mol. The lowest BCUT2D eigenvalue weighted by Gasteiger charge is -2.34. The molecule has 4 aromatic carbocycles. The molecule has 568 valence electrons. The zero-order valence-corrected chi connectivity index (χ0v) is 64.7. The van der Waals surface area contributed by atoms with Crippen LogP contribution in [0.4, 0.5) is 35.1 Å². The van der Waals surface area contributed by atoms with E-state index >= 15 is 35.1 Å². The van der Waals surface area contributed by atoms with Gasteiger partial charge in [0, 0.05) is 119 Å². The summed E-state index contributed by atoms with van der Waals surface area (Å²) < 4.78 is 200. The van der Waals surface area contributed by atoms with Crippen molar-refractivity contribution in [3.05, 3.63) is 152 Å². The van der Waals surface area contributed by atoms with Crippen LogP contribution in [0, 0.1) is 65.1 Å². The Kier molecular flexibility index (Phi) is 36.2. The molecule has 2 N–H and O–H groups in total. The maximum Gasteiger partial charge on any atom is 0.236 e. The summed E-state index contributed by atoms with van der Waals surface area (Å²) in [4.78, 5) is 46.7. The molecule has 17 nitrogen and oxygen atoms in total. The molecule has 0 aliphatic heterocycles. The number of quaternary nitrogens is 2. The second-order valence-electron chi connectivity index (χ2n) is 28.5. The van der Waals surface area contributed by atoms with E-state index in [1.807, 2.05) is 28.2 Å². The molecule has 0 saturated heterocycles. The van der Waals surface area contributed by atoms with E-state index in [9.17, 15) is 40.3 Å². The van der Waals surface area contributed by atoms with E-state index in [0.29, 0.717) is 89.9 Å². The van der Waals surface area contributed by atoms with Crippen molar-refractivity contribution in [1.82, 2.24) is 10.6 Å². The van der Waals surface area contributed by atoms with Crippen molar-refractivity contribution in [2.24, 2.45) is 5.41 Å². The van der Waals surface area contributed by atoms with Gasteiger partial charge in [-0.25, -0.2) is 47.5 Å². The maximum absolute atomic E-state index is 16.2. The van der Waals surface area contributed by atoms with Crippen LogP contribution in [-0.4, -0.2) is 176 Å². The summed E-state index contributed by atoms with van der Waals surface area (Å²) in [5, 5.41) is 5.52. The molecule has 0 fully saturated rings. The topological polar surface area (TPSA) is 217 Å². The Morgan fingerprint density at radius 2 is 0.922 bits per heavy atom. The van der Waals surface area contributed by atoms with E-state index in [0.717, 1.165) is 23.5 Å². The zero-order valence-electron chi connectivity index (χ0n) is 59.7. The second kappa shape index (κ2) is 40.8. The van der Waals surface area contributed by atoms with Gasteiger partial charge in [-0.3, -0.25) is 14.4 Å². The van der Waals surface area contributed by atoms with Crippen molar-refractivity contribution in [1.29, 1.82) is 0 Å². The molecule has 4 rings (SSSR count). The predicted octanol–water partition coefficient (Wildman–Crippen LogP) is 14.4. The second-order valence-corrected chi connectivity index (χ2v) is 35.2. The largest absolute Gasteiger partial charge is 0.748 e. The van der Waals surface area contributed by atoms with Crippen LogP contribution >= 0.6 is 48.4 Å². The molecule has 31 heteroatoms. The van der Waals surface area contributed by atoms with E-state index in [1.165, 1.54) is 34.6 Å². The molecule has 0 radical (unpaired) electrons. The highest BCUT2D eigenvalue weighted by Gasteiger charge is 2.45. The average molecular weight is 1550 g/mol. The average Bonchev–Trinajstić information content (AvgIpc) is 0.773. The Bertz CT molecular complexity index is 3730. The standard InChI is InChI=1S/C42H51F4N3O6S4.C29H45F4N3O5S2/c1-41(2,47-4)27-31(32-33(43)35(45)37(36(46)34(32)44)55-24-13-14-25-57-38(50)29-17-9-7-10-18-29)28-42(3,58-39(56)30-19-11-8-12-20-30)40(51)48-21-15-22-49(5,6)23-16-26-59(52,53)54;1-28(2,27(37)35-12-10-13-36(6,7)14-11-17-43(38,39)40)18-20(19-29(3,4)34-5)21-22(30)24(32)26(25(33)23(21)31)41-15-8-9-16-42/h7-12,17-20,31H,13-16,21-28H2,1-3,5-6H3,(H-,48,51,52,53,54);20H,8-19H2,1-4,6-7H3,(H2-,35,37,38,39,40,42). The van der Waals surface area contributed by atoms with E-state index in [-0.39, 0.29) is 80.6 Å². The van der Waals surface area contributed by atoms with Gasteiger partial charge in [0.05, 0.1) is 96.8 Å². The predicted molar refractivity (Wildman–Crippen MR) is 390 cm³/mol. The van der Waals surface area contributed by atoms with Crippen molar-refractivity contribution in [2.75, 3.05) is 104 Å². The molecule has 4 aromatic rings. The minimum Gasteiger partial charge on any atom is -0.748 e. The first-order valence-electron chi connectivity index (χ1n) is 33.2. The Balaban J connectivity index is 0.000000558. The highest BCUT2D eigenvalue weighted by molar-refractivity contribution is 8.25. The van der Waals surface area contributed by atoms with Gasteiger partial charge in [0.25, 0.3) is 0 Å². The summed E-state index contributed by atoms with van der Waals surface area (Å²) in [7, 11) is -1.19. The third-order valence-corrected chi connectivity index (χ3v) is 21.4. The van der Waals surface area contributed by atoms with Crippen LogP contribution in [0.25, 0.3) is 9.69 Å². The number of ether oxygens (including phenoxy) is 2. The number of amides is 2. The summed E-state index contributed by atoms with van der Waals surface area (Å²) in [6.45, 7) is 27.8. The molecule has 0 spiro atoms. The minimum atomic E-state index is -4.35. The number of benzene rings is 4. The van der Waals surface area contributed by atoms with Gasteiger partial charge >= 0.3 is 0 Å². The lowest BCUT2D eigenvalue weighted by Crippen LogP contribution is -2.46. The lowest BCUT2D eigenvalue weighted by atomic mass is 9.74. The number of unbranched alkanes of at least 4 members (excludes halogenated alkanes) is 2. The summed E-state index contributed by atoms with van der Waals surface area (Å²) >= 11 is 11.8. The first-order valence-corrected chi connectivity index (χ1v) is 39.2. The zero-order chi connectivity index (χ0) is 77.2. The third kappa shape index (κ3) is 30.5. The van der Waals surface area contributed by atoms with Crippen LogP contribution in [0.5, 0.6) is 11.5 Å². The molecule has 0 aromatic heterocycles. The number of nitrogens with one attached hydrogen (secondary N) is 2. The molecular weight excluding hydrogens is 1460 g/mol. The van der Waals surface area contributed by atoms with Crippen molar-refractivity contribution in [3.63, 3.8) is 0 Å². The Labute approximate surface area is 616 Å². The third-order valence-electron chi connectivity index (χ3n) is 16.8. The Hall–Kier alpha value is -5.61. The summed E-state index contributed by atoms with van der Waals surface area (Å²) in [5.41, 5.74) is -4.37. The molecule has 3 atom stereocenters. The number of nitrogens with zero attached hydrogens (tertiary/aromatic N) is 4. The molecular formula is C71H96F8N6O11S6. The molecule has 2 amide bonds. The highest BCUT2D eigenvalue weighted by atomic mass is 32.2. The van der Waals surface area contributed by atoms with Crippen LogP contribution in [0.1, 0.15) is 164 Å². The number of rotatable bonds is 42. The van der Waals surface area contributed by atoms with Gasteiger partial charge in [-0.2, -0.15) is 30.2 Å². The number of thiol groups is 1. The van der Waals surface area contributed by atoms with Crippen LogP contribution in [0.3, 0.4) is 0 Å². The van der Waals surface area contributed by atoms with Crippen molar-refractivity contribution in [3.8, 4) is 11.5 Å². The lowest BCUT2D eigenvalue weighted by molar-refractivity contribution is -0.890. The number of thiocarbonyl (C=S) groups is 1. The molecule has 0 aliphatic carbocycles. The quantitative estimate of drug-likeness (QED) is 0.00550. The number of hydrogen-bond donors (Lipinski definition) is 3. The number of thioether (sulfide) groups is 2. The van der Waals surface area contributed by atoms with E-state index in [4.69, 9.17) is 34.8 Å². The number of carbonyl (C=O) groups is 3. The summed E-state index contributed by atoms with van der Waals surface area (Å²) in [6.07, 6.45) is 1.87. The fraction of sp³-hybridized carbons (Fsp3) is 0.577. The smallest absolute Gasteiger partial charge is 0.236 e. The molecule has 0 bridgehead atoms. The van der Waals surface area contributed by atoms with E-state index in [2.05, 4.69) is 33.0 Å². The van der Waals surface area contributed by atoms with Gasteiger partial charge in [0.15, 0.2) is 34.8 Å². The van der Waals surface area contributed by atoms with Gasteiger partial charge in [-0.1, -0.05) is 110 Å². The van der Waals surface area contributed by atoms with Gasteiger partial charge in [0.2, 0.25) is 51.3 Å². The van der Waals surface area contributed by atoms with Crippen LogP contribution in [-0.2, 0) is 29.8 Å². The number of carbonyl (C=O) groups excluding carboxylic acids is 3. The van der Waals surface area contributed by atoms with Gasteiger partial charge in [0.1, 0.15) is 0 Å². The van der Waals surface area contributed by atoms with Gasteiger partial charge in [-0.05, 0) is 68.6 Å². The molecule has 0 aliphatic rings. The SMILES string of the molecule is [C-]#[N+]C(C)(C)CC(CC(C)(C)C(=O)NCCC[N+](C)(C)CCCS(=O)(=O)[O-])c1c(F)c(F)c(OCCCCS)c(F)c1F.[C-]#[N+]C(C)(C)CC(CC(C)(SC(=S)c1ccccc1)C(=O)NCCC[N+](C)(C)CCCS(=O)(=O)[O-])c1c(F)c(F)c(OCCCCSC(=O)c2ccccc2)c(F)c1F. The molecule has 0 heterocycles. The fourth-order valence-corrected chi connectivity index (χ4v) is 15.1. The molecule has 102 heavy (non-hydrogen) atoms. The molecule has 0 saturated carbocycles. The number of halogens is 8. The van der Waals surface area contributed by atoms with Crippen LogP contribution in [0.15, 0.2) is 60.7 Å². The van der Waals surface area contributed by atoms with Crippen LogP contribution in [0.2, 0.25) is 0 Å². The minimum absolute atomic E-state index is 0.140. The first-order chi connectivity index (χ1) is 47.3. The fourth-order valence-electron chi connectivity index (χ4n) is 11.3. The first kappa shape index (κ1) is 90.6. The Morgan fingerprint density at radius 3 is 1.31 bits per heavy atom. The maximum atomic E-state index is 16.2. The van der Waals surface area contributed by atoms with E-state index in [1.54, 1.807) is 74.5 Å². The highest BCUT2D eigenvalue weighted by Crippen LogP contribution is 2.47. The molecule has 3 unspecified atom stereocenters. The van der Waals surface area contributed by atoms with Crippen molar-refractivity contribution >= 4 is 89.7 Å². The Morgan fingerprint density at radius 1 is 0.549 bits per heavy atom. The van der Waals surface area contributed by atoms with Gasteiger partial charge in [-0.15, -0.1) is 0 Å².